The normalized spacial score (nSPS) is 19.1. The van der Waals surface area contributed by atoms with Crippen molar-refractivity contribution in [3.8, 4) is 6.07 Å². The first kappa shape index (κ1) is 18.5. The summed E-state index contributed by atoms with van der Waals surface area (Å²) in [6.07, 6.45) is 3.21. The summed E-state index contributed by atoms with van der Waals surface area (Å²) in [5.41, 5.74) is 5.79. The van der Waals surface area contributed by atoms with E-state index in [1.807, 2.05) is 6.92 Å². The molecule has 9 heteroatoms. The molecule has 3 rings (SSSR count). The number of aromatic nitrogens is 2. The van der Waals surface area contributed by atoms with Crippen molar-refractivity contribution in [3.05, 3.63) is 64.8 Å². The summed E-state index contributed by atoms with van der Waals surface area (Å²) >= 11 is 1.32. The van der Waals surface area contributed by atoms with Gasteiger partial charge in [-0.15, -0.1) is 0 Å². The molecule has 0 spiro atoms. The number of nitriles is 1. The minimum atomic E-state index is -0.870. The number of amidine groups is 1. The van der Waals surface area contributed by atoms with Crippen molar-refractivity contribution in [1.82, 2.24) is 9.97 Å². The third-order valence-electron chi connectivity index (χ3n) is 3.90. The number of hydrogen-bond acceptors (Lipinski definition) is 7. The van der Waals surface area contributed by atoms with Crippen LogP contribution in [-0.2, 0) is 5.54 Å². The molecule has 0 fully saturated rings. The molecule has 3 N–H and O–H groups in total. The molecule has 7 nitrogen and oxygen atoms in total. The van der Waals surface area contributed by atoms with Gasteiger partial charge in [-0.05, 0) is 30.0 Å². The van der Waals surface area contributed by atoms with Crippen LogP contribution in [-0.4, -0.2) is 21.0 Å². The lowest BCUT2D eigenvalue weighted by Crippen LogP contribution is -2.29. The lowest BCUT2D eigenvalue weighted by atomic mass is 9.93. The minimum absolute atomic E-state index is 0.0361. The highest BCUT2D eigenvalue weighted by molar-refractivity contribution is 8.17. The number of thioether (sulfide) groups is 1. The number of halogens is 1. The van der Waals surface area contributed by atoms with Gasteiger partial charge in [0.2, 0.25) is 0 Å². The van der Waals surface area contributed by atoms with Gasteiger partial charge in [-0.2, -0.15) is 5.26 Å². The van der Waals surface area contributed by atoms with Gasteiger partial charge in [0, 0.05) is 24.5 Å². The first-order valence-electron chi connectivity index (χ1n) is 7.85. The van der Waals surface area contributed by atoms with Crippen LogP contribution >= 0.6 is 11.8 Å². The number of carbonyl (C=O) groups is 1. The fourth-order valence-electron chi connectivity index (χ4n) is 2.68. The molecule has 0 unspecified atom stereocenters. The van der Waals surface area contributed by atoms with E-state index in [2.05, 4.69) is 26.9 Å². The standard InChI is InChI=1S/C18H15FN6OS/c1-10-7-18(2,25-17(21)27-10)14-6-12(3-4-22-14)24-16(26)15-13(19)5-11(8-20)9-23-15/h3-6,9H,1,7H2,2H3,(H2,21,25)(H,22,24,26)/t18-/m0/s1. The summed E-state index contributed by atoms with van der Waals surface area (Å²) < 4.78 is 14.0. The number of anilines is 1. The molecule has 0 bridgehead atoms. The molecule has 3 heterocycles. The lowest BCUT2D eigenvalue weighted by Gasteiger charge is -2.30. The van der Waals surface area contributed by atoms with Gasteiger partial charge in [-0.1, -0.05) is 18.3 Å². The van der Waals surface area contributed by atoms with Crippen molar-refractivity contribution in [3.63, 3.8) is 0 Å². The van der Waals surface area contributed by atoms with E-state index in [0.29, 0.717) is 23.0 Å². The van der Waals surface area contributed by atoms with Crippen molar-refractivity contribution in [1.29, 1.82) is 5.26 Å². The molecule has 0 aromatic carbocycles. The second-order valence-corrected chi connectivity index (χ2v) is 7.29. The largest absolute Gasteiger partial charge is 0.378 e. The van der Waals surface area contributed by atoms with E-state index in [0.717, 1.165) is 17.2 Å². The Morgan fingerprint density at radius 1 is 1.48 bits per heavy atom. The average molecular weight is 382 g/mol. The van der Waals surface area contributed by atoms with E-state index in [9.17, 15) is 9.18 Å². The Balaban J connectivity index is 1.86. The van der Waals surface area contributed by atoms with Crippen LogP contribution in [0.2, 0.25) is 0 Å². The Kier molecular flexibility index (Phi) is 4.92. The molecule has 27 heavy (non-hydrogen) atoms. The third-order valence-corrected chi connectivity index (χ3v) is 4.64. The van der Waals surface area contributed by atoms with Crippen molar-refractivity contribution < 1.29 is 9.18 Å². The summed E-state index contributed by atoms with van der Waals surface area (Å²) in [6.45, 7) is 5.83. The maximum absolute atomic E-state index is 14.0. The maximum Gasteiger partial charge on any atom is 0.277 e. The fraction of sp³-hybridized carbons (Fsp3) is 0.167. The molecule has 2 aromatic heterocycles. The molecular formula is C18H15FN6OS. The highest BCUT2D eigenvalue weighted by atomic mass is 32.2. The molecule has 1 atom stereocenters. The zero-order valence-electron chi connectivity index (χ0n) is 14.4. The van der Waals surface area contributed by atoms with Gasteiger partial charge in [-0.25, -0.2) is 14.4 Å². The van der Waals surface area contributed by atoms with E-state index in [1.54, 1.807) is 18.2 Å². The Bertz CT molecular complexity index is 1020. The fourth-order valence-corrected chi connectivity index (χ4v) is 3.58. The van der Waals surface area contributed by atoms with Crippen LogP contribution in [0.4, 0.5) is 10.1 Å². The smallest absolute Gasteiger partial charge is 0.277 e. The van der Waals surface area contributed by atoms with Crippen molar-refractivity contribution >= 4 is 28.5 Å². The van der Waals surface area contributed by atoms with Gasteiger partial charge in [0.25, 0.3) is 5.91 Å². The molecule has 0 saturated heterocycles. The molecule has 1 amide bonds. The summed E-state index contributed by atoms with van der Waals surface area (Å²) in [5.74, 6) is -1.60. The summed E-state index contributed by atoms with van der Waals surface area (Å²) in [6, 6.07) is 5.95. The predicted octanol–water partition coefficient (Wildman–Crippen LogP) is 2.92. The van der Waals surface area contributed by atoms with Crippen LogP contribution in [0.15, 0.2) is 47.1 Å². The summed E-state index contributed by atoms with van der Waals surface area (Å²) in [4.78, 5) is 25.7. The van der Waals surface area contributed by atoms with E-state index in [4.69, 9.17) is 11.0 Å². The first-order valence-corrected chi connectivity index (χ1v) is 8.67. The molecule has 1 aliphatic heterocycles. The molecular weight excluding hydrogens is 367 g/mol. The monoisotopic (exact) mass is 382 g/mol. The van der Waals surface area contributed by atoms with Gasteiger partial charge in [-0.3, -0.25) is 9.78 Å². The summed E-state index contributed by atoms with van der Waals surface area (Å²) in [7, 11) is 0. The van der Waals surface area contributed by atoms with Crippen LogP contribution in [0.5, 0.6) is 0 Å². The predicted molar refractivity (Wildman–Crippen MR) is 101 cm³/mol. The van der Waals surface area contributed by atoms with Crippen molar-refractivity contribution in [2.24, 2.45) is 10.7 Å². The molecule has 136 valence electrons. The second kappa shape index (κ2) is 7.17. The number of amides is 1. The number of nitrogens with zero attached hydrogens (tertiary/aromatic N) is 4. The molecule has 0 aliphatic carbocycles. The highest BCUT2D eigenvalue weighted by Gasteiger charge is 2.33. The number of nitrogens with two attached hydrogens (primary N) is 1. The van der Waals surface area contributed by atoms with Crippen LogP contribution < -0.4 is 11.1 Å². The summed E-state index contributed by atoms with van der Waals surface area (Å²) in [5, 5.41) is 11.7. The van der Waals surface area contributed by atoms with Crippen molar-refractivity contribution in [2.45, 2.75) is 18.9 Å². The zero-order valence-corrected chi connectivity index (χ0v) is 15.2. The van der Waals surface area contributed by atoms with E-state index in [1.165, 1.54) is 18.0 Å². The van der Waals surface area contributed by atoms with E-state index >= 15 is 0 Å². The zero-order chi connectivity index (χ0) is 19.6. The Hall–Kier alpha value is -3.25. The minimum Gasteiger partial charge on any atom is -0.378 e. The van der Waals surface area contributed by atoms with Crippen LogP contribution in [0.1, 0.15) is 35.1 Å². The number of hydrogen-bond donors (Lipinski definition) is 2. The van der Waals surface area contributed by atoms with Crippen molar-refractivity contribution in [2.75, 3.05) is 5.32 Å². The SMILES string of the molecule is C=C1C[C@@](C)(c2cc(NC(=O)c3ncc(C#N)cc3F)ccn2)N=C(N)S1. The van der Waals surface area contributed by atoms with Crippen LogP contribution in [0.25, 0.3) is 0 Å². The second-order valence-electron chi connectivity index (χ2n) is 6.09. The van der Waals surface area contributed by atoms with Crippen LogP contribution in [0.3, 0.4) is 0 Å². The van der Waals surface area contributed by atoms with E-state index < -0.39 is 23.0 Å². The number of nitrogens with one attached hydrogen (secondary N) is 1. The number of carbonyl (C=O) groups excluding carboxylic acids is 1. The molecule has 0 saturated carbocycles. The Morgan fingerprint density at radius 2 is 2.26 bits per heavy atom. The Morgan fingerprint density at radius 3 is 2.93 bits per heavy atom. The van der Waals surface area contributed by atoms with Gasteiger partial charge >= 0.3 is 0 Å². The average Bonchev–Trinajstić information content (AvgIpc) is 2.60. The molecule has 2 aromatic rings. The van der Waals surface area contributed by atoms with Gasteiger partial charge in [0.15, 0.2) is 16.7 Å². The van der Waals surface area contributed by atoms with E-state index in [-0.39, 0.29) is 5.56 Å². The maximum atomic E-state index is 14.0. The van der Waals surface area contributed by atoms with Gasteiger partial charge in [0.1, 0.15) is 11.6 Å². The number of pyridine rings is 2. The quantitative estimate of drug-likeness (QED) is 0.843. The van der Waals surface area contributed by atoms with Gasteiger partial charge < -0.3 is 11.1 Å². The van der Waals surface area contributed by atoms with Gasteiger partial charge in [0.05, 0.1) is 11.3 Å². The topological polar surface area (TPSA) is 117 Å². The van der Waals surface area contributed by atoms with Crippen LogP contribution in [0, 0.1) is 17.1 Å². The molecule has 0 radical (unpaired) electrons. The number of aliphatic imine (C=N–C) groups is 1. The highest BCUT2D eigenvalue weighted by Crippen LogP contribution is 2.39. The lowest BCUT2D eigenvalue weighted by molar-refractivity contribution is 0.101. The number of rotatable bonds is 3. The first-order chi connectivity index (χ1) is 12.8. The molecule has 1 aliphatic rings. The Labute approximate surface area is 159 Å². The third kappa shape index (κ3) is 3.96.